The van der Waals surface area contributed by atoms with Crippen molar-refractivity contribution in [3.8, 4) is 0 Å². The van der Waals surface area contributed by atoms with Crippen molar-refractivity contribution in [2.75, 3.05) is 0 Å². The van der Waals surface area contributed by atoms with Crippen LogP contribution in [0.15, 0.2) is 75.8 Å². The summed E-state index contributed by atoms with van der Waals surface area (Å²) < 4.78 is 3.07. The highest BCUT2D eigenvalue weighted by atomic mass is 79.9. The van der Waals surface area contributed by atoms with Crippen molar-refractivity contribution in [2.45, 2.75) is 26.8 Å². The molecule has 2 heterocycles. The molecule has 0 aliphatic heterocycles. The Morgan fingerprint density at radius 3 is 2.76 bits per heavy atom. The van der Waals surface area contributed by atoms with Gasteiger partial charge in [-0.3, -0.25) is 14.6 Å². The summed E-state index contributed by atoms with van der Waals surface area (Å²) >= 11 is 3.58. The summed E-state index contributed by atoms with van der Waals surface area (Å²) in [7, 11) is 0. The number of ketones is 1. The van der Waals surface area contributed by atoms with E-state index < -0.39 is 0 Å². The molecule has 0 spiro atoms. The number of halogens is 1. The summed E-state index contributed by atoms with van der Waals surface area (Å²) in [6.45, 7) is 4.71. The lowest BCUT2D eigenvalue weighted by molar-refractivity contribution is 0.103. The fourth-order valence-electron chi connectivity index (χ4n) is 3.75. The van der Waals surface area contributed by atoms with Crippen molar-refractivity contribution in [1.29, 1.82) is 0 Å². The third-order valence-electron chi connectivity index (χ3n) is 5.12. The number of nitrogens with zero attached hydrogens (tertiary/aromatic N) is 2. The van der Waals surface area contributed by atoms with Crippen LogP contribution in [0.5, 0.6) is 0 Å². The molecule has 1 unspecified atom stereocenters. The molecule has 1 atom stereocenters. The van der Waals surface area contributed by atoms with Crippen LogP contribution in [-0.4, -0.2) is 15.3 Å². The fraction of sp³-hybridized carbons (Fsp3) is 0.208. The Hall–Kier alpha value is -2.79. The molecule has 2 aromatic heterocycles. The van der Waals surface area contributed by atoms with E-state index in [0.717, 1.165) is 22.0 Å². The van der Waals surface area contributed by atoms with Crippen LogP contribution in [0, 0.1) is 12.8 Å². The van der Waals surface area contributed by atoms with Gasteiger partial charge in [-0.1, -0.05) is 47.1 Å². The molecule has 4 rings (SSSR count). The van der Waals surface area contributed by atoms with Crippen LogP contribution in [0.3, 0.4) is 0 Å². The molecule has 1 aromatic carbocycles. The van der Waals surface area contributed by atoms with E-state index in [4.69, 9.17) is 0 Å². The monoisotopic (exact) mass is 448 g/mol. The molecule has 1 aliphatic rings. The van der Waals surface area contributed by atoms with E-state index in [9.17, 15) is 9.59 Å². The number of aromatic nitrogens is 2. The first-order chi connectivity index (χ1) is 13.9. The van der Waals surface area contributed by atoms with Crippen LogP contribution in [-0.2, 0) is 6.54 Å². The summed E-state index contributed by atoms with van der Waals surface area (Å²) in [5.74, 6) is 0.0921. The molecule has 0 saturated carbocycles. The lowest BCUT2D eigenvalue weighted by Gasteiger charge is -2.20. The minimum absolute atomic E-state index is 0.152. The first kappa shape index (κ1) is 19.5. The molecule has 0 amide bonds. The van der Waals surface area contributed by atoms with Gasteiger partial charge in [0.05, 0.1) is 11.1 Å². The smallest absolute Gasteiger partial charge is 0.216 e. The number of benzene rings is 1. The standard InChI is InChI=1S/C24H21BrN2O2/c1-15-7-8-21(26-12-15)24(29)20-14-27(13-17-9-16(2)10-18(25)11-17)22-6-4-3-5-19(22)23(20)28/h3-8,10-12,14,16H,9,13H2,1-2H3. The molecule has 3 aromatic rings. The minimum Gasteiger partial charge on any atom is -0.342 e. The quantitative estimate of drug-likeness (QED) is 0.516. The van der Waals surface area contributed by atoms with Gasteiger partial charge in [-0.2, -0.15) is 0 Å². The van der Waals surface area contributed by atoms with Gasteiger partial charge in [0.25, 0.3) is 0 Å². The van der Waals surface area contributed by atoms with Gasteiger partial charge in [0.1, 0.15) is 5.69 Å². The molecule has 0 saturated heterocycles. The Morgan fingerprint density at radius 2 is 2.03 bits per heavy atom. The molecule has 29 heavy (non-hydrogen) atoms. The van der Waals surface area contributed by atoms with E-state index in [1.54, 1.807) is 24.5 Å². The Morgan fingerprint density at radius 1 is 1.24 bits per heavy atom. The molecular formula is C24H21BrN2O2. The average Bonchev–Trinajstić information content (AvgIpc) is 2.69. The Labute approximate surface area is 177 Å². The highest BCUT2D eigenvalue weighted by molar-refractivity contribution is 9.11. The molecule has 4 nitrogen and oxygen atoms in total. The van der Waals surface area contributed by atoms with E-state index in [0.29, 0.717) is 17.8 Å². The highest BCUT2D eigenvalue weighted by Gasteiger charge is 2.19. The predicted molar refractivity (Wildman–Crippen MR) is 119 cm³/mol. The second-order valence-corrected chi connectivity index (χ2v) is 8.52. The number of allylic oxidation sites excluding steroid dienone is 4. The van der Waals surface area contributed by atoms with Gasteiger partial charge in [-0.15, -0.1) is 0 Å². The number of hydrogen-bond acceptors (Lipinski definition) is 3. The third-order valence-corrected chi connectivity index (χ3v) is 5.61. The van der Waals surface area contributed by atoms with Crippen molar-refractivity contribution < 1.29 is 4.79 Å². The van der Waals surface area contributed by atoms with Gasteiger partial charge in [0, 0.05) is 28.8 Å². The van der Waals surface area contributed by atoms with Crippen molar-refractivity contribution in [3.05, 3.63) is 98.0 Å². The van der Waals surface area contributed by atoms with Crippen molar-refractivity contribution in [2.24, 2.45) is 5.92 Å². The number of aryl methyl sites for hydroxylation is 1. The van der Waals surface area contributed by atoms with Gasteiger partial charge in [0.2, 0.25) is 11.2 Å². The molecule has 0 N–H and O–H groups in total. The van der Waals surface area contributed by atoms with E-state index in [2.05, 4.69) is 40.0 Å². The van der Waals surface area contributed by atoms with Crippen molar-refractivity contribution in [1.82, 2.24) is 9.55 Å². The molecule has 0 bridgehead atoms. The van der Waals surface area contributed by atoms with Gasteiger partial charge in [0.15, 0.2) is 0 Å². The topological polar surface area (TPSA) is 52.0 Å². The molecule has 5 heteroatoms. The first-order valence-electron chi connectivity index (χ1n) is 9.58. The maximum Gasteiger partial charge on any atom is 0.216 e. The van der Waals surface area contributed by atoms with E-state index in [-0.39, 0.29) is 22.5 Å². The lowest BCUT2D eigenvalue weighted by atomic mass is 9.95. The van der Waals surface area contributed by atoms with Crippen molar-refractivity contribution >= 4 is 32.6 Å². The summed E-state index contributed by atoms with van der Waals surface area (Å²) in [5, 5.41) is 0.546. The van der Waals surface area contributed by atoms with Crippen LogP contribution >= 0.6 is 15.9 Å². The summed E-state index contributed by atoms with van der Waals surface area (Å²) in [6, 6.07) is 10.9. The number of fused-ring (bicyclic) bond motifs is 1. The van der Waals surface area contributed by atoms with Gasteiger partial charge in [-0.25, -0.2) is 0 Å². The highest BCUT2D eigenvalue weighted by Crippen LogP contribution is 2.27. The van der Waals surface area contributed by atoms with Crippen LogP contribution in [0.1, 0.15) is 35.0 Å². The van der Waals surface area contributed by atoms with E-state index in [1.165, 1.54) is 5.57 Å². The number of rotatable bonds is 4. The second-order valence-electron chi connectivity index (χ2n) is 7.60. The van der Waals surface area contributed by atoms with Crippen LogP contribution in [0.4, 0.5) is 0 Å². The summed E-state index contributed by atoms with van der Waals surface area (Å²) in [6.07, 6.45) is 8.58. The molecule has 146 valence electrons. The SMILES string of the molecule is Cc1ccc(C(=O)c2cn(CC3=CC(Br)=CC(C)C3)c3ccccc3c2=O)nc1. The zero-order valence-electron chi connectivity index (χ0n) is 16.4. The number of para-hydroxylation sites is 1. The molecule has 0 fully saturated rings. The van der Waals surface area contributed by atoms with Crippen LogP contribution in [0.25, 0.3) is 10.9 Å². The zero-order valence-corrected chi connectivity index (χ0v) is 17.9. The predicted octanol–water partition coefficient (Wildman–Crippen LogP) is 5.18. The summed E-state index contributed by atoms with van der Waals surface area (Å²) in [5.41, 5.74) is 3.22. The normalized spacial score (nSPS) is 16.4. The van der Waals surface area contributed by atoms with Crippen LogP contribution in [0.2, 0.25) is 0 Å². The number of pyridine rings is 2. The summed E-state index contributed by atoms with van der Waals surface area (Å²) in [4.78, 5) is 30.3. The first-order valence-corrected chi connectivity index (χ1v) is 10.4. The van der Waals surface area contributed by atoms with Gasteiger partial charge < -0.3 is 4.57 Å². The average molecular weight is 449 g/mol. The van der Waals surface area contributed by atoms with E-state index in [1.807, 2.05) is 35.8 Å². The fourth-order valence-corrected chi connectivity index (χ4v) is 4.53. The van der Waals surface area contributed by atoms with Crippen molar-refractivity contribution in [3.63, 3.8) is 0 Å². The Kier molecular flexibility index (Phi) is 5.33. The third kappa shape index (κ3) is 4.01. The molecule has 1 aliphatic carbocycles. The van der Waals surface area contributed by atoms with Crippen LogP contribution < -0.4 is 5.43 Å². The number of carbonyl (C=O) groups excluding carboxylic acids is 1. The lowest BCUT2D eigenvalue weighted by Crippen LogP contribution is -2.21. The number of hydrogen-bond donors (Lipinski definition) is 0. The second kappa shape index (κ2) is 7.91. The minimum atomic E-state index is -0.346. The number of carbonyl (C=O) groups is 1. The Balaban J connectivity index is 1.83. The Bertz CT molecular complexity index is 1220. The zero-order chi connectivity index (χ0) is 20.5. The molecular weight excluding hydrogens is 428 g/mol. The van der Waals surface area contributed by atoms with Gasteiger partial charge in [-0.05, 0) is 54.7 Å². The van der Waals surface area contributed by atoms with E-state index >= 15 is 0 Å². The maximum atomic E-state index is 13.1. The van der Waals surface area contributed by atoms with Gasteiger partial charge >= 0.3 is 0 Å². The molecule has 0 radical (unpaired) electrons. The maximum absolute atomic E-state index is 13.1. The largest absolute Gasteiger partial charge is 0.342 e.